The molecule has 0 heterocycles. The monoisotopic (exact) mass is 232 g/mol. The lowest BCUT2D eigenvalue weighted by Gasteiger charge is -2.08. The first-order valence-corrected chi connectivity index (χ1v) is 5.30. The molecule has 1 rings (SSSR count). The molecule has 0 saturated carbocycles. The Balaban J connectivity index is 3.23. The van der Waals surface area contributed by atoms with Crippen molar-refractivity contribution in [1.82, 2.24) is 0 Å². The van der Waals surface area contributed by atoms with Crippen molar-refractivity contribution in [2.75, 3.05) is 0 Å². The Hall–Kier alpha value is -1.60. The standard InChI is InChI=1S/C8H8O6S/c9-6-3-1-5(2-4-6)7(8(10)11)15(12,13)14/h1-4,7,9H,(H,10,11)(H,12,13,14). The van der Waals surface area contributed by atoms with Gasteiger partial charge in [0, 0.05) is 0 Å². The summed E-state index contributed by atoms with van der Waals surface area (Å²) in [5, 5.41) is 15.5. The number of carboxylic acids is 1. The molecular formula is C8H8O6S. The van der Waals surface area contributed by atoms with E-state index in [2.05, 4.69) is 0 Å². The fraction of sp³-hybridized carbons (Fsp3) is 0.125. The lowest BCUT2D eigenvalue weighted by atomic mass is 10.1. The van der Waals surface area contributed by atoms with Crippen LogP contribution in [0.25, 0.3) is 0 Å². The van der Waals surface area contributed by atoms with Crippen molar-refractivity contribution in [2.45, 2.75) is 5.25 Å². The Morgan fingerprint density at radius 1 is 1.20 bits per heavy atom. The van der Waals surface area contributed by atoms with Crippen molar-refractivity contribution in [1.29, 1.82) is 0 Å². The van der Waals surface area contributed by atoms with E-state index in [1.165, 1.54) is 0 Å². The van der Waals surface area contributed by atoms with E-state index in [9.17, 15) is 13.2 Å². The zero-order valence-electron chi connectivity index (χ0n) is 7.36. The molecule has 0 fully saturated rings. The second kappa shape index (κ2) is 3.87. The molecule has 0 spiro atoms. The number of hydrogen-bond acceptors (Lipinski definition) is 4. The van der Waals surface area contributed by atoms with Gasteiger partial charge in [-0.2, -0.15) is 8.42 Å². The molecule has 0 aliphatic heterocycles. The van der Waals surface area contributed by atoms with E-state index in [0.29, 0.717) is 0 Å². The maximum absolute atomic E-state index is 10.8. The third-order valence-corrected chi connectivity index (χ3v) is 2.79. The Kier molecular flexibility index (Phi) is 2.96. The normalized spacial score (nSPS) is 13.4. The number of carboxylic acid groups (broad SMARTS) is 1. The fourth-order valence-corrected chi connectivity index (χ4v) is 1.85. The molecular weight excluding hydrogens is 224 g/mol. The molecule has 1 atom stereocenters. The van der Waals surface area contributed by atoms with Crippen LogP contribution in [0.4, 0.5) is 0 Å². The highest BCUT2D eigenvalue weighted by Crippen LogP contribution is 2.23. The van der Waals surface area contributed by atoms with Crippen molar-refractivity contribution in [3.63, 3.8) is 0 Å². The van der Waals surface area contributed by atoms with E-state index < -0.39 is 21.3 Å². The summed E-state index contributed by atoms with van der Waals surface area (Å²) in [5.41, 5.74) is -0.122. The van der Waals surface area contributed by atoms with Gasteiger partial charge in [-0.3, -0.25) is 9.35 Å². The SMILES string of the molecule is O=C(O)C(c1ccc(O)cc1)S(=O)(=O)O. The summed E-state index contributed by atoms with van der Waals surface area (Å²) in [6.45, 7) is 0. The molecule has 1 aromatic carbocycles. The number of aromatic hydroxyl groups is 1. The van der Waals surface area contributed by atoms with Gasteiger partial charge in [-0.25, -0.2) is 0 Å². The van der Waals surface area contributed by atoms with Crippen molar-refractivity contribution in [3.8, 4) is 5.75 Å². The van der Waals surface area contributed by atoms with Gasteiger partial charge in [0.1, 0.15) is 5.75 Å². The smallest absolute Gasteiger partial charge is 0.329 e. The highest BCUT2D eigenvalue weighted by atomic mass is 32.2. The maximum Gasteiger partial charge on any atom is 0.329 e. The largest absolute Gasteiger partial charge is 0.508 e. The number of aliphatic carboxylic acids is 1. The summed E-state index contributed by atoms with van der Waals surface area (Å²) in [4.78, 5) is 10.6. The van der Waals surface area contributed by atoms with E-state index in [1.54, 1.807) is 0 Å². The number of phenolic OH excluding ortho intramolecular Hbond substituents is 1. The van der Waals surface area contributed by atoms with Crippen LogP contribution in [-0.2, 0) is 14.9 Å². The van der Waals surface area contributed by atoms with E-state index in [-0.39, 0.29) is 11.3 Å². The van der Waals surface area contributed by atoms with Crippen LogP contribution in [0.1, 0.15) is 10.8 Å². The molecule has 0 aliphatic rings. The van der Waals surface area contributed by atoms with Crippen LogP contribution in [0, 0.1) is 0 Å². The molecule has 7 heteroatoms. The molecule has 0 bridgehead atoms. The lowest BCUT2D eigenvalue weighted by Crippen LogP contribution is -2.21. The molecule has 0 aliphatic carbocycles. The van der Waals surface area contributed by atoms with Crippen LogP contribution in [-0.4, -0.2) is 29.2 Å². The third kappa shape index (κ3) is 2.67. The van der Waals surface area contributed by atoms with Gasteiger partial charge in [0.05, 0.1) is 0 Å². The Morgan fingerprint density at radius 3 is 2.00 bits per heavy atom. The number of phenols is 1. The second-order valence-electron chi connectivity index (χ2n) is 2.82. The van der Waals surface area contributed by atoms with Gasteiger partial charge in [0.25, 0.3) is 10.1 Å². The van der Waals surface area contributed by atoms with Gasteiger partial charge in [0.15, 0.2) is 0 Å². The first-order valence-electron chi connectivity index (χ1n) is 3.80. The molecule has 0 saturated heterocycles. The van der Waals surface area contributed by atoms with E-state index >= 15 is 0 Å². The van der Waals surface area contributed by atoms with Crippen molar-refractivity contribution < 1.29 is 28.0 Å². The van der Waals surface area contributed by atoms with E-state index in [1.807, 2.05) is 0 Å². The van der Waals surface area contributed by atoms with Crippen LogP contribution in [0.15, 0.2) is 24.3 Å². The summed E-state index contributed by atoms with van der Waals surface area (Å²) in [7, 11) is -4.71. The Labute approximate surface area is 85.5 Å². The minimum absolute atomic E-state index is 0.122. The predicted molar refractivity (Wildman–Crippen MR) is 50.0 cm³/mol. The molecule has 1 aromatic rings. The van der Waals surface area contributed by atoms with Crippen LogP contribution in [0.3, 0.4) is 0 Å². The van der Waals surface area contributed by atoms with E-state index in [4.69, 9.17) is 14.8 Å². The van der Waals surface area contributed by atoms with E-state index in [0.717, 1.165) is 24.3 Å². The summed E-state index contributed by atoms with van der Waals surface area (Å²) in [6, 6.07) is 4.50. The van der Waals surface area contributed by atoms with Gasteiger partial charge in [-0.1, -0.05) is 12.1 Å². The van der Waals surface area contributed by atoms with Gasteiger partial charge in [-0.05, 0) is 17.7 Å². The molecule has 15 heavy (non-hydrogen) atoms. The molecule has 0 radical (unpaired) electrons. The van der Waals surface area contributed by atoms with Gasteiger partial charge in [0.2, 0.25) is 5.25 Å². The van der Waals surface area contributed by atoms with Crippen LogP contribution in [0.2, 0.25) is 0 Å². The zero-order valence-corrected chi connectivity index (χ0v) is 8.18. The minimum atomic E-state index is -4.71. The highest BCUT2D eigenvalue weighted by molar-refractivity contribution is 7.86. The third-order valence-electron chi connectivity index (χ3n) is 1.72. The van der Waals surface area contributed by atoms with Gasteiger partial charge >= 0.3 is 5.97 Å². The highest BCUT2D eigenvalue weighted by Gasteiger charge is 2.32. The topological polar surface area (TPSA) is 112 Å². The quantitative estimate of drug-likeness (QED) is 0.650. The second-order valence-corrected chi connectivity index (χ2v) is 4.33. The molecule has 3 N–H and O–H groups in total. The molecule has 1 unspecified atom stereocenters. The van der Waals surface area contributed by atoms with Gasteiger partial charge < -0.3 is 10.2 Å². The first kappa shape index (κ1) is 11.5. The average Bonchev–Trinajstić information content (AvgIpc) is 2.05. The van der Waals surface area contributed by atoms with Crippen LogP contribution < -0.4 is 0 Å². The summed E-state index contributed by atoms with van der Waals surface area (Å²) in [6.07, 6.45) is 0. The number of benzene rings is 1. The summed E-state index contributed by atoms with van der Waals surface area (Å²) >= 11 is 0. The Morgan fingerprint density at radius 2 is 1.67 bits per heavy atom. The average molecular weight is 232 g/mol. The molecule has 6 nitrogen and oxygen atoms in total. The Bertz CT molecular complexity index is 460. The lowest BCUT2D eigenvalue weighted by molar-refractivity contribution is -0.136. The fourth-order valence-electron chi connectivity index (χ4n) is 1.09. The number of rotatable bonds is 3. The molecule has 0 aromatic heterocycles. The first-order chi connectivity index (χ1) is 6.82. The number of hydrogen-bond donors (Lipinski definition) is 3. The predicted octanol–water partition coefficient (Wildman–Crippen LogP) is 0.406. The van der Waals surface area contributed by atoms with Crippen molar-refractivity contribution >= 4 is 16.1 Å². The number of carbonyl (C=O) groups is 1. The zero-order chi connectivity index (χ0) is 11.6. The van der Waals surface area contributed by atoms with Crippen molar-refractivity contribution in [3.05, 3.63) is 29.8 Å². The minimum Gasteiger partial charge on any atom is -0.508 e. The van der Waals surface area contributed by atoms with Crippen LogP contribution in [0.5, 0.6) is 5.75 Å². The van der Waals surface area contributed by atoms with Crippen LogP contribution >= 0.6 is 0 Å². The summed E-state index contributed by atoms with van der Waals surface area (Å²) in [5.74, 6) is -1.80. The van der Waals surface area contributed by atoms with Gasteiger partial charge in [-0.15, -0.1) is 0 Å². The summed E-state index contributed by atoms with van der Waals surface area (Å²) < 4.78 is 30.2. The molecule has 82 valence electrons. The molecule has 0 amide bonds. The van der Waals surface area contributed by atoms with Crippen molar-refractivity contribution in [2.24, 2.45) is 0 Å². The maximum atomic E-state index is 10.8.